The van der Waals surface area contributed by atoms with Crippen molar-refractivity contribution in [3.63, 3.8) is 0 Å². The van der Waals surface area contributed by atoms with E-state index < -0.39 is 5.97 Å². The Balaban J connectivity index is 1.97. The third-order valence-corrected chi connectivity index (χ3v) is 7.51. The molecule has 0 saturated heterocycles. The maximum atomic E-state index is 15.1. The largest absolute Gasteiger partial charge is 0.497 e. The van der Waals surface area contributed by atoms with Gasteiger partial charge >= 0.3 is 5.97 Å². The fourth-order valence-electron chi connectivity index (χ4n) is 5.03. The van der Waals surface area contributed by atoms with Crippen molar-refractivity contribution in [1.82, 2.24) is 0 Å². The highest BCUT2D eigenvalue weighted by Gasteiger charge is 2.32. The summed E-state index contributed by atoms with van der Waals surface area (Å²) in [6.07, 6.45) is 2.38. The highest BCUT2D eigenvalue weighted by molar-refractivity contribution is 5.71. The van der Waals surface area contributed by atoms with Gasteiger partial charge in [-0.2, -0.15) is 0 Å². The van der Waals surface area contributed by atoms with E-state index in [1.54, 1.807) is 26.4 Å². The average Bonchev–Trinajstić information content (AvgIpc) is 2.92. The van der Waals surface area contributed by atoms with Gasteiger partial charge in [-0.1, -0.05) is 58.4 Å². The predicted octanol–water partition coefficient (Wildman–Crippen LogP) is 8.56. The zero-order valence-corrected chi connectivity index (χ0v) is 23.9. The van der Waals surface area contributed by atoms with E-state index in [0.717, 1.165) is 41.5 Å². The summed E-state index contributed by atoms with van der Waals surface area (Å²) in [6, 6.07) is 18.3. The molecule has 0 saturated carbocycles. The number of halogens is 1. The topological polar surface area (TPSA) is 65.0 Å². The number of ether oxygens (including phenoxy) is 3. The molecule has 0 unspecified atom stereocenters. The van der Waals surface area contributed by atoms with Gasteiger partial charge in [-0.3, -0.25) is 4.79 Å². The number of carbonyl (C=O) groups is 1. The van der Waals surface area contributed by atoms with Crippen molar-refractivity contribution < 1.29 is 28.5 Å². The Morgan fingerprint density at radius 1 is 0.974 bits per heavy atom. The highest BCUT2D eigenvalue weighted by Crippen LogP contribution is 2.44. The van der Waals surface area contributed by atoms with E-state index in [1.165, 1.54) is 6.07 Å². The smallest absolute Gasteiger partial charge is 0.303 e. The molecule has 6 heteroatoms. The summed E-state index contributed by atoms with van der Waals surface area (Å²) >= 11 is 0. The number of benzene rings is 3. The van der Waals surface area contributed by atoms with Crippen LogP contribution >= 0.6 is 0 Å². The molecule has 5 nitrogen and oxygen atoms in total. The Kier molecular flexibility index (Phi) is 10.5. The maximum absolute atomic E-state index is 15.1. The van der Waals surface area contributed by atoms with E-state index >= 15 is 4.39 Å². The molecule has 0 fully saturated rings. The van der Waals surface area contributed by atoms with Crippen molar-refractivity contribution >= 4 is 5.97 Å². The Morgan fingerprint density at radius 2 is 1.74 bits per heavy atom. The molecule has 210 valence electrons. The van der Waals surface area contributed by atoms with Crippen LogP contribution in [-0.2, 0) is 16.1 Å². The lowest BCUT2D eigenvalue weighted by atomic mass is 9.77. The molecule has 0 bridgehead atoms. The number of aliphatic carboxylic acids is 1. The molecule has 0 radical (unpaired) electrons. The monoisotopic (exact) mass is 536 g/mol. The number of hydrogen-bond donors (Lipinski definition) is 1. The normalized spacial score (nSPS) is 13.1. The second-order valence-corrected chi connectivity index (χ2v) is 10.7. The molecule has 0 amide bonds. The first kappa shape index (κ1) is 30.2. The summed E-state index contributed by atoms with van der Waals surface area (Å²) in [5.74, 6) is 0.0734. The summed E-state index contributed by atoms with van der Waals surface area (Å²) in [7, 11) is 3.25. The minimum atomic E-state index is -0.803. The Bertz CT molecular complexity index is 1250. The van der Waals surface area contributed by atoms with Gasteiger partial charge in [0.15, 0.2) is 0 Å². The molecule has 3 rings (SSSR count). The zero-order chi connectivity index (χ0) is 28.6. The summed E-state index contributed by atoms with van der Waals surface area (Å²) in [5.41, 5.74) is 3.78. The third-order valence-electron chi connectivity index (χ3n) is 7.51. The van der Waals surface area contributed by atoms with Gasteiger partial charge in [0, 0.05) is 12.7 Å². The summed E-state index contributed by atoms with van der Waals surface area (Å²) < 4.78 is 32.6. The Morgan fingerprint density at radius 3 is 2.38 bits per heavy atom. The molecular weight excluding hydrogens is 495 g/mol. The molecule has 39 heavy (non-hydrogen) atoms. The maximum Gasteiger partial charge on any atom is 0.303 e. The van der Waals surface area contributed by atoms with Gasteiger partial charge < -0.3 is 19.3 Å². The van der Waals surface area contributed by atoms with Crippen LogP contribution in [0.15, 0.2) is 60.7 Å². The van der Waals surface area contributed by atoms with Gasteiger partial charge in [0.2, 0.25) is 0 Å². The number of hydrogen-bond acceptors (Lipinski definition) is 4. The van der Waals surface area contributed by atoms with Gasteiger partial charge in [0.25, 0.3) is 0 Å². The first-order valence-corrected chi connectivity index (χ1v) is 13.6. The van der Waals surface area contributed by atoms with E-state index in [2.05, 4.69) is 27.7 Å². The van der Waals surface area contributed by atoms with Crippen molar-refractivity contribution in [2.24, 2.45) is 5.41 Å². The lowest BCUT2D eigenvalue weighted by Gasteiger charge is -2.34. The van der Waals surface area contributed by atoms with Crippen LogP contribution in [-0.4, -0.2) is 25.3 Å². The first-order chi connectivity index (χ1) is 18.6. The van der Waals surface area contributed by atoms with E-state index in [9.17, 15) is 9.90 Å². The Hall–Kier alpha value is -3.38. The fourth-order valence-corrected chi connectivity index (χ4v) is 5.03. The fraction of sp³-hybridized carbons (Fsp3) is 0.424. The lowest BCUT2D eigenvalue weighted by Crippen LogP contribution is -2.24. The molecule has 2 atom stereocenters. The SMILES string of the molecule is CCC[C@H](CC(=O)O)c1cccc(OCc2ccc(-c3cc(OC)ccc3F)c([C@H](OC)C(C)(C)CC)c2)c1. The van der Waals surface area contributed by atoms with E-state index in [4.69, 9.17) is 14.2 Å². The van der Waals surface area contributed by atoms with Crippen LogP contribution in [0, 0.1) is 11.2 Å². The van der Waals surface area contributed by atoms with Crippen LogP contribution in [0.2, 0.25) is 0 Å². The molecular formula is C33H41FO5. The molecule has 0 aliphatic rings. The van der Waals surface area contributed by atoms with Crippen molar-refractivity contribution in [2.75, 3.05) is 14.2 Å². The third kappa shape index (κ3) is 7.60. The molecule has 3 aromatic rings. The van der Waals surface area contributed by atoms with Crippen LogP contribution < -0.4 is 9.47 Å². The minimum Gasteiger partial charge on any atom is -0.497 e. The van der Waals surface area contributed by atoms with Crippen molar-refractivity contribution in [3.05, 3.63) is 83.2 Å². The van der Waals surface area contributed by atoms with Crippen LogP contribution in [0.4, 0.5) is 4.39 Å². The van der Waals surface area contributed by atoms with Gasteiger partial charge in [0.05, 0.1) is 19.6 Å². The van der Waals surface area contributed by atoms with Crippen LogP contribution in [0.3, 0.4) is 0 Å². The quantitative estimate of drug-likeness (QED) is 0.224. The predicted molar refractivity (Wildman–Crippen MR) is 153 cm³/mol. The van der Waals surface area contributed by atoms with Gasteiger partial charge in [-0.05, 0) is 82.8 Å². The summed E-state index contributed by atoms with van der Waals surface area (Å²) in [5, 5.41) is 9.34. The van der Waals surface area contributed by atoms with Crippen LogP contribution in [0.25, 0.3) is 11.1 Å². The number of rotatable bonds is 14. The van der Waals surface area contributed by atoms with Crippen molar-refractivity contribution in [3.8, 4) is 22.6 Å². The van der Waals surface area contributed by atoms with Crippen molar-refractivity contribution in [2.45, 2.75) is 72.0 Å². The van der Waals surface area contributed by atoms with E-state index in [-0.39, 0.29) is 29.7 Å². The minimum absolute atomic E-state index is 0.0570. The average molecular weight is 537 g/mol. The van der Waals surface area contributed by atoms with E-state index in [1.807, 2.05) is 42.5 Å². The summed E-state index contributed by atoms with van der Waals surface area (Å²) in [6.45, 7) is 8.77. The number of carboxylic acids is 1. The molecule has 1 N–H and O–H groups in total. The molecule has 0 aromatic heterocycles. The number of carboxylic acid groups (broad SMARTS) is 1. The van der Waals surface area contributed by atoms with E-state index in [0.29, 0.717) is 23.7 Å². The Labute approximate surface area is 231 Å². The van der Waals surface area contributed by atoms with Gasteiger partial charge in [-0.15, -0.1) is 0 Å². The highest BCUT2D eigenvalue weighted by atomic mass is 19.1. The molecule has 0 heterocycles. The lowest BCUT2D eigenvalue weighted by molar-refractivity contribution is -0.137. The van der Waals surface area contributed by atoms with Crippen LogP contribution in [0.5, 0.6) is 11.5 Å². The second-order valence-electron chi connectivity index (χ2n) is 10.7. The molecule has 0 aliphatic carbocycles. The second kappa shape index (κ2) is 13.6. The standard InChI is InChI=1S/C33H41FO5/c1-7-10-23(19-31(35)36)24-11-9-12-26(18-24)39-21-22-13-15-27(28-20-25(37-5)14-16-30(28)34)29(17-22)32(38-6)33(3,4)8-2/h9,11-18,20,23,32H,7-8,10,19,21H2,1-6H3,(H,35,36)/t23-,32+/m1/s1. The van der Waals surface area contributed by atoms with Crippen molar-refractivity contribution in [1.29, 1.82) is 0 Å². The summed E-state index contributed by atoms with van der Waals surface area (Å²) in [4.78, 5) is 11.4. The molecule has 0 spiro atoms. The van der Waals surface area contributed by atoms with Crippen LogP contribution in [0.1, 0.15) is 82.1 Å². The number of methoxy groups -OCH3 is 2. The molecule has 3 aromatic carbocycles. The zero-order valence-electron chi connectivity index (χ0n) is 23.9. The first-order valence-electron chi connectivity index (χ1n) is 13.6. The van der Waals surface area contributed by atoms with Gasteiger partial charge in [-0.25, -0.2) is 4.39 Å². The molecule has 0 aliphatic heterocycles. The van der Waals surface area contributed by atoms with Gasteiger partial charge in [0.1, 0.15) is 23.9 Å².